The molecule has 0 rings (SSSR count). The minimum absolute atomic E-state index is 0.291. The molecule has 0 saturated heterocycles. The largest absolute Gasteiger partial charge is 0.389 e. The zero-order valence-electron chi connectivity index (χ0n) is 17.8. The lowest BCUT2D eigenvalue weighted by atomic mass is 10.1. The second-order valence-electron chi connectivity index (χ2n) is 8.14. The maximum Gasteiger partial charge on any atom is 0.389 e. The highest BCUT2D eigenvalue weighted by molar-refractivity contribution is 4.55. The first kappa shape index (κ1) is 25.8. The van der Waals surface area contributed by atoms with E-state index < -0.39 is 12.6 Å². The van der Waals surface area contributed by atoms with Gasteiger partial charge in [-0.3, -0.25) is 0 Å². The van der Waals surface area contributed by atoms with Crippen molar-refractivity contribution >= 4 is 0 Å². The molecule has 0 aliphatic rings. The van der Waals surface area contributed by atoms with E-state index in [1.54, 1.807) is 0 Å². The topological polar surface area (TPSA) is 0 Å². The fraction of sp³-hybridized carbons (Fsp3) is 1.00. The Balaban J connectivity index is 4.78. The third kappa shape index (κ3) is 14.9. The van der Waals surface area contributed by atoms with Crippen molar-refractivity contribution in [2.24, 2.45) is 0 Å². The lowest BCUT2D eigenvalue weighted by Gasteiger charge is -2.39. The summed E-state index contributed by atoms with van der Waals surface area (Å²) in [5, 5.41) is 0. The molecule has 0 aromatic carbocycles. The van der Waals surface area contributed by atoms with Gasteiger partial charge < -0.3 is 4.48 Å². The number of unbranched alkanes of at least 4 members (excludes halogenated alkanes) is 9. The average molecular weight is 381 g/mol. The number of nitrogens with zero attached hydrogens (tertiary/aromatic N) is 1. The molecule has 0 saturated carbocycles. The Morgan fingerprint density at radius 2 is 0.846 bits per heavy atom. The molecule has 26 heavy (non-hydrogen) atoms. The van der Waals surface area contributed by atoms with Gasteiger partial charge in [0.1, 0.15) is 0 Å². The molecule has 0 aromatic heterocycles. The van der Waals surface area contributed by atoms with Crippen molar-refractivity contribution in [2.75, 3.05) is 26.2 Å². The summed E-state index contributed by atoms with van der Waals surface area (Å²) in [4.78, 5) is 0. The van der Waals surface area contributed by atoms with Crippen LogP contribution in [-0.4, -0.2) is 36.8 Å². The molecular weight excluding hydrogens is 335 g/mol. The van der Waals surface area contributed by atoms with Gasteiger partial charge in [-0.25, -0.2) is 0 Å². The molecule has 0 aromatic rings. The summed E-state index contributed by atoms with van der Waals surface area (Å²) < 4.78 is 39.0. The van der Waals surface area contributed by atoms with Crippen LogP contribution in [0.2, 0.25) is 0 Å². The van der Waals surface area contributed by atoms with Crippen molar-refractivity contribution in [3.05, 3.63) is 0 Å². The summed E-state index contributed by atoms with van der Waals surface area (Å²) in [5.41, 5.74) is 0. The van der Waals surface area contributed by atoms with Crippen LogP contribution in [0.4, 0.5) is 13.2 Å². The van der Waals surface area contributed by atoms with Crippen molar-refractivity contribution < 1.29 is 17.7 Å². The normalized spacial score (nSPS) is 12.7. The van der Waals surface area contributed by atoms with Gasteiger partial charge in [0.25, 0.3) is 0 Å². The van der Waals surface area contributed by atoms with Crippen molar-refractivity contribution in [3.63, 3.8) is 0 Å². The Bertz CT molecular complexity index is 271. The Morgan fingerprint density at radius 3 is 1.15 bits per heavy atom. The number of hydrogen-bond donors (Lipinski definition) is 0. The predicted octanol–water partition coefficient (Wildman–Crippen LogP) is 7.89. The maximum atomic E-state index is 12.7. The third-order valence-electron chi connectivity index (χ3n) is 5.55. The molecule has 0 N–H and O–H groups in total. The number of hydrogen-bond acceptors (Lipinski definition) is 0. The van der Waals surface area contributed by atoms with E-state index in [2.05, 4.69) is 20.8 Å². The van der Waals surface area contributed by atoms with Crippen LogP contribution in [0.25, 0.3) is 0 Å². The second kappa shape index (κ2) is 15.8. The average Bonchev–Trinajstić information content (AvgIpc) is 2.58. The van der Waals surface area contributed by atoms with E-state index in [4.69, 9.17) is 0 Å². The Hall–Kier alpha value is -0.250. The Labute approximate surface area is 161 Å². The molecule has 0 amide bonds. The molecular formula is C22H45F3N+. The van der Waals surface area contributed by atoms with Crippen LogP contribution in [0.15, 0.2) is 0 Å². The maximum absolute atomic E-state index is 12.7. The van der Waals surface area contributed by atoms with E-state index >= 15 is 0 Å². The minimum atomic E-state index is -4.01. The van der Waals surface area contributed by atoms with Crippen molar-refractivity contribution in [2.45, 2.75) is 117 Å². The van der Waals surface area contributed by atoms with Gasteiger partial charge in [0.2, 0.25) is 0 Å². The van der Waals surface area contributed by atoms with Gasteiger partial charge in [0.05, 0.1) is 26.2 Å². The highest BCUT2D eigenvalue weighted by atomic mass is 19.4. The van der Waals surface area contributed by atoms with Crippen LogP contribution < -0.4 is 0 Å². The summed E-state index contributed by atoms with van der Waals surface area (Å²) in [6.45, 7) is 10.6. The number of halogens is 3. The Morgan fingerprint density at radius 1 is 0.500 bits per heavy atom. The molecule has 4 heteroatoms. The lowest BCUT2D eigenvalue weighted by molar-refractivity contribution is -0.929. The van der Waals surface area contributed by atoms with Crippen molar-refractivity contribution in [1.29, 1.82) is 0 Å². The molecule has 1 nitrogen and oxygen atoms in total. The standard InChI is InChI=1S/C22H45F3N/c1-4-7-10-13-18-26(19-14-11-8-5-2,20-15-12-9-6-3)21-16-17-22(23,24)25/h4-21H2,1-3H3/q+1. The predicted molar refractivity (Wildman–Crippen MR) is 107 cm³/mol. The van der Waals surface area contributed by atoms with E-state index in [9.17, 15) is 13.2 Å². The van der Waals surface area contributed by atoms with Crippen LogP contribution in [0.1, 0.15) is 111 Å². The monoisotopic (exact) mass is 380 g/mol. The molecule has 0 heterocycles. The lowest BCUT2D eigenvalue weighted by Crippen LogP contribution is -2.51. The quantitative estimate of drug-likeness (QED) is 0.167. The SMILES string of the molecule is CCCCCC[N+](CCCCCC)(CCCCCC)CCCC(F)(F)F. The van der Waals surface area contributed by atoms with E-state index in [-0.39, 0.29) is 0 Å². The molecule has 0 bridgehead atoms. The van der Waals surface area contributed by atoms with Gasteiger partial charge in [-0.05, 0) is 38.5 Å². The van der Waals surface area contributed by atoms with Gasteiger partial charge in [-0.2, -0.15) is 13.2 Å². The zero-order chi connectivity index (χ0) is 19.7. The van der Waals surface area contributed by atoms with Gasteiger partial charge in [0, 0.05) is 12.8 Å². The van der Waals surface area contributed by atoms with E-state index in [0.717, 1.165) is 24.1 Å². The molecule has 158 valence electrons. The van der Waals surface area contributed by atoms with Gasteiger partial charge >= 0.3 is 6.18 Å². The van der Waals surface area contributed by atoms with Crippen molar-refractivity contribution in [3.8, 4) is 0 Å². The Kier molecular flexibility index (Phi) is 15.6. The second-order valence-corrected chi connectivity index (χ2v) is 8.14. The molecule has 0 aliphatic heterocycles. The van der Waals surface area contributed by atoms with Crippen LogP contribution in [0.5, 0.6) is 0 Å². The fourth-order valence-electron chi connectivity index (χ4n) is 3.91. The van der Waals surface area contributed by atoms with E-state index in [1.807, 2.05) is 0 Å². The van der Waals surface area contributed by atoms with Crippen LogP contribution in [0, 0.1) is 0 Å². The summed E-state index contributed by atoms with van der Waals surface area (Å²) in [6.07, 6.45) is 10.2. The molecule has 0 atom stereocenters. The van der Waals surface area contributed by atoms with Gasteiger partial charge in [-0.1, -0.05) is 59.3 Å². The minimum Gasteiger partial charge on any atom is -0.324 e. The summed E-state index contributed by atoms with van der Waals surface area (Å²) in [6, 6.07) is 0. The number of quaternary nitrogens is 1. The first-order valence-electron chi connectivity index (χ1n) is 11.3. The smallest absolute Gasteiger partial charge is 0.324 e. The summed E-state index contributed by atoms with van der Waals surface area (Å²) >= 11 is 0. The summed E-state index contributed by atoms with van der Waals surface area (Å²) in [7, 11) is 0. The van der Waals surface area contributed by atoms with Crippen LogP contribution in [0.3, 0.4) is 0 Å². The zero-order valence-corrected chi connectivity index (χ0v) is 17.8. The molecule has 0 fully saturated rings. The summed E-state index contributed by atoms with van der Waals surface area (Å²) in [5.74, 6) is 0. The third-order valence-corrected chi connectivity index (χ3v) is 5.55. The molecule has 0 unspecified atom stereocenters. The number of rotatable bonds is 18. The molecule has 0 spiro atoms. The highest BCUT2D eigenvalue weighted by Crippen LogP contribution is 2.24. The van der Waals surface area contributed by atoms with Gasteiger partial charge in [-0.15, -0.1) is 0 Å². The fourth-order valence-corrected chi connectivity index (χ4v) is 3.91. The van der Waals surface area contributed by atoms with E-state index in [1.165, 1.54) is 77.0 Å². The highest BCUT2D eigenvalue weighted by Gasteiger charge is 2.31. The van der Waals surface area contributed by atoms with Gasteiger partial charge in [0.15, 0.2) is 0 Å². The van der Waals surface area contributed by atoms with Crippen LogP contribution >= 0.6 is 0 Å². The van der Waals surface area contributed by atoms with Crippen molar-refractivity contribution in [1.82, 2.24) is 0 Å². The first-order chi connectivity index (χ1) is 12.4. The van der Waals surface area contributed by atoms with Crippen LogP contribution in [-0.2, 0) is 0 Å². The first-order valence-corrected chi connectivity index (χ1v) is 11.3. The molecule has 0 aliphatic carbocycles. The molecule has 0 radical (unpaired) electrons. The number of alkyl halides is 3. The van der Waals surface area contributed by atoms with E-state index in [0.29, 0.717) is 13.0 Å².